The number of anilines is 2. The number of nitrogens with zero attached hydrogens (tertiary/aromatic N) is 10. The van der Waals surface area contributed by atoms with Gasteiger partial charge < -0.3 is 11.5 Å². The van der Waals surface area contributed by atoms with Gasteiger partial charge in [0.25, 0.3) is 11.9 Å². The molecule has 0 fully saturated rings. The van der Waals surface area contributed by atoms with Gasteiger partial charge in [0.1, 0.15) is 0 Å². The lowest BCUT2D eigenvalue weighted by atomic mass is 10.8. The summed E-state index contributed by atoms with van der Waals surface area (Å²) in [6.45, 7) is 0. The molecule has 12 nitrogen and oxygen atoms in total. The highest BCUT2D eigenvalue weighted by Gasteiger charge is 1.96. The maximum absolute atomic E-state index is 5.35. The molecular weight excluding hydrogens is 216 g/mol. The summed E-state index contributed by atoms with van der Waals surface area (Å²) in [7, 11) is 0. The van der Waals surface area contributed by atoms with Gasteiger partial charge in [-0.05, 0) is 20.9 Å². The lowest BCUT2D eigenvalue weighted by molar-refractivity contribution is 0.696. The zero-order chi connectivity index (χ0) is 11.4. The van der Waals surface area contributed by atoms with Crippen molar-refractivity contribution in [3.63, 3.8) is 0 Å². The lowest BCUT2D eigenvalue weighted by Gasteiger charge is -1.88. The summed E-state index contributed by atoms with van der Waals surface area (Å²) in [6, 6.07) is 0. The SMILES string of the molecule is Nc1nnnn1/N=C/C=N/n1nnnc1N. The minimum atomic E-state index is 0.0617. The Bertz CT molecular complexity index is 468. The van der Waals surface area contributed by atoms with Crippen LogP contribution in [0.4, 0.5) is 11.9 Å². The average Bonchev–Trinajstić information content (AvgIpc) is 2.84. The summed E-state index contributed by atoms with van der Waals surface area (Å²) in [5, 5.41) is 27.9. The smallest absolute Gasteiger partial charge is 0.263 e. The third-order valence-electron chi connectivity index (χ3n) is 1.37. The molecule has 4 N–H and O–H groups in total. The van der Waals surface area contributed by atoms with Crippen molar-refractivity contribution in [2.24, 2.45) is 10.2 Å². The second kappa shape index (κ2) is 4.07. The molecular formula is C4H6N12. The third kappa shape index (κ3) is 1.94. The minimum Gasteiger partial charge on any atom is -0.365 e. The van der Waals surface area contributed by atoms with Crippen LogP contribution in [0.2, 0.25) is 0 Å². The molecule has 2 aromatic rings. The van der Waals surface area contributed by atoms with E-state index in [2.05, 4.69) is 41.3 Å². The second-order valence-electron chi connectivity index (χ2n) is 2.38. The molecule has 0 radical (unpaired) electrons. The Kier molecular flexibility index (Phi) is 2.45. The Balaban J connectivity index is 2.03. The molecule has 0 aromatic carbocycles. The topological polar surface area (TPSA) is 164 Å². The fourth-order valence-electron chi connectivity index (χ4n) is 0.729. The first kappa shape index (κ1) is 9.63. The van der Waals surface area contributed by atoms with E-state index in [9.17, 15) is 0 Å². The molecule has 12 heteroatoms. The quantitative estimate of drug-likeness (QED) is 0.525. The van der Waals surface area contributed by atoms with Gasteiger partial charge in [0.15, 0.2) is 0 Å². The van der Waals surface area contributed by atoms with Gasteiger partial charge in [-0.15, -0.1) is 0 Å². The van der Waals surface area contributed by atoms with Crippen molar-refractivity contribution in [3.8, 4) is 0 Å². The number of nitrogens with two attached hydrogens (primary N) is 2. The van der Waals surface area contributed by atoms with E-state index in [4.69, 9.17) is 11.5 Å². The molecule has 0 saturated carbocycles. The number of nitrogen functional groups attached to an aromatic ring is 2. The van der Waals surface area contributed by atoms with Gasteiger partial charge in [0.05, 0.1) is 12.4 Å². The van der Waals surface area contributed by atoms with Gasteiger partial charge in [-0.1, -0.05) is 19.8 Å². The Hall–Kier alpha value is -2.92. The van der Waals surface area contributed by atoms with Crippen LogP contribution < -0.4 is 11.5 Å². The number of aromatic nitrogens is 8. The molecule has 2 rings (SSSR count). The highest BCUT2D eigenvalue weighted by Crippen LogP contribution is 1.89. The number of hydrogen-bond acceptors (Lipinski definition) is 10. The van der Waals surface area contributed by atoms with E-state index in [0.29, 0.717) is 0 Å². The standard InChI is InChI=1S/C4H6N12/c5-3-9-11-13-15(3)7-1-2-8-16-4(6)10-12-14-16/h1-2H,(H2,5,9,13)(H2,6,10,14)/b7-1+,8-2+. The van der Waals surface area contributed by atoms with Crippen molar-refractivity contribution in [1.82, 2.24) is 40.6 Å². The molecule has 0 unspecified atom stereocenters. The normalized spacial score (nSPS) is 11.8. The van der Waals surface area contributed by atoms with E-state index >= 15 is 0 Å². The maximum Gasteiger partial charge on any atom is 0.263 e. The molecule has 0 saturated heterocycles. The largest absolute Gasteiger partial charge is 0.365 e. The number of hydrogen-bond donors (Lipinski definition) is 2. The van der Waals surface area contributed by atoms with Crippen LogP contribution in [0, 0.1) is 0 Å². The minimum absolute atomic E-state index is 0.0617. The monoisotopic (exact) mass is 222 g/mol. The third-order valence-corrected chi connectivity index (χ3v) is 1.37. The Morgan fingerprint density at radius 2 is 1.31 bits per heavy atom. The number of rotatable bonds is 3. The molecule has 0 amide bonds. The zero-order valence-corrected chi connectivity index (χ0v) is 7.78. The molecule has 16 heavy (non-hydrogen) atoms. The van der Waals surface area contributed by atoms with E-state index < -0.39 is 0 Å². The van der Waals surface area contributed by atoms with Gasteiger partial charge in [-0.2, -0.15) is 10.2 Å². The van der Waals surface area contributed by atoms with E-state index in [-0.39, 0.29) is 11.9 Å². The fraction of sp³-hybridized carbons (Fsp3) is 0. The van der Waals surface area contributed by atoms with Gasteiger partial charge >= 0.3 is 0 Å². The van der Waals surface area contributed by atoms with Crippen LogP contribution in [0.1, 0.15) is 0 Å². The summed E-state index contributed by atoms with van der Waals surface area (Å²) >= 11 is 0. The van der Waals surface area contributed by atoms with Gasteiger partial charge in [-0.3, -0.25) is 0 Å². The molecule has 0 aliphatic rings. The summed E-state index contributed by atoms with van der Waals surface area (Å²) in [4.78, 5) is 2.05. The van der Waals surface area contributed by atoms with Crippen LogP contribution in [-0.4, -0.2) is 53.1 Å². The van der Waals surface area contributed by atoms with Crippen LogP contribution in [0.5, 0.6) is 0 Å². The van der Waals surface area contributed by atoms with Gasteiger partial charge in [0, 0.05) is 0 Å². The summed E-state index contributed by atoms with van der Waals surface area (Å²) in [5.41, 5.74) is 10.7. The Labute approximate surface area is 87.6 Å². The summed E-state index contributed by atoms with van der Waals surface area (Å²) in [6.07, 6.45) is 2.60. The van der Waals surface area contributed by atoms with Gasteiger partial charge in [-0.25, -0.2) is 0 Å². The van der Waals surface area contributed by atoms with Crippen molar-refractivity contribution in [1.29, 1.82) is 0 Å². The van der Waals surface area contributed by atoms with Crippen molar-refractivity contribution < 1.29 is 0 Å². The van der Waals surface area contributed by atoms with E-state index in [1.807, 2.05) is 0 Å². The first-order valence-corrected chi connectivity index (χ1v) is 3.92. The van der Waals surface area contributed by atoms with E-state index in [1.54, 1.807) is 0 Å². The molecule has 0 bridgehead atoms. The first-order valence-electron chi connectivity index (χ1n) is 3.92. The molecule has 0 aliphatic heterocycles. The first-order chi connectivity index (χ1) is 7.77. The molecule has 2 aromatic heterocycles. The highest BCUT2D eigenvalue weighted by atomic mass is 15.7. The van der Waals surface area contributed by atoms with Crippen LogP contribution in [0.15, 0.2) is 10.2 Å². The lowest BCUT2D eigenvalue weighted by Crippen LogP contribution is -2.01. The summed E-state index contributed by atoms with van der Waals surface area (Å²) < 4.78 is 0. The zero-order valence-electron chi connectivity index (χ0n) is 7.78. The fourth-order valence-corrected chi connectivity index (χ4v) is 0.729. The highest BCUT2D eigenvalue weighted by molar-refractivity contribution is 6.15. The van der Waals surface area contributed by atoms with Crippen LogP contribution in [0.3, 0.4) is 0 Å². The van der Waals surface area contributed by atoms with Crippen LogP contribution in [0.25, 0.3) is 0 Å². The molecule has 0 atom stereocenters. The van der Waals surface area contributed by atoms with E-state index in [1.165, 1.54) is 12.4 Å². The number of tetrazole rings is 2. The van der Waals surface area contributed by atoms with Crippen molar-refractivity contribution in [2.75, 3.05) is 11.5 Å². The summed E-state index contributed by atoms with van der Waals surface area (Å²) in [5.74, 6) is 0.123. The molecule has 0 aliphatic carbocycles. The molecule has 0 spiro atoms. The predicted octanol–water partition coefficient (Wildman–Crippen LogP) is -2.81. The van der Waals surface area contributed by atoms with Gasteiger partial charge in [0.2, 0.25) is 0 Å². The van der Waals surface area contributed by atoms with Crippen LogP contribution >= 0.6 is 0 Å². The van der Waals surface area contributed by atoms with E-state index in [0.717, 1.165) is 9.58 Å². The average molecular weight is 222 g/mol. The molecule has 2 heterocycles. The van der Waals surface area contributed by atoms with Crippen molar-refractivity contribution >= 4 is 24.3 Å². The Morgan fingerprint density at radius 3 is 1.62 bits per heavy atom. The predicted molar refractivity (Wildman–Crippen MR) is 52.2 cm³/mol. The Morgan fingerprint density at radius 1 is 0.875 bits per heavy atom. The molecule has 82 valence electrons. The van der Waals surface area contributed by atoms with Crippen molar-refractivity contribution in [2.45, 2.75) is 0 Å². The maximum atomic E-state index is 5.35. The van der Waals surface area contributed by atoms with Crippen LogP contribution in [-0.2, 0) is 0 Å². The second-order valence-corrected chi connectivity index (χ2v) is 2.38. The van der Waals surface area contributed by atoms with Crippen molar-refractivity contribution in [3.05, 3.63) is 0 Å².